The Kier molecular flexibility index (Phi) is 10.8. The van der Waals surface area contributed by atoms with Crippen LogP contribution >= 0.6 is 35.3 Å². The number of rotatable bonds is 7. The number of hydrogen-bond acceptors (Lipinski definition) is 2. The number of halogens is 4. The van der Waals surface area contributed by atoms with E-state index in [4.69, 9.17) is 0 Å². The normalized spacial score (nSPS) is 12.0. The first kappa shape index (κ1) is 21.5. The maximum atomic E-state index is 12.0. The molecule has 0 fully saturated rings. The molecule has 1 heterocycles. The molecule has 0 saturated heterocycles. The van der Waals surface area contributed by atoms with E-state index in [0.29, 0.717) is 13.0 Å². The van der Waals surface area contributed by atoms with Crippen LogP contribution in [-0.2, 0) is 6.54 Å². The van der Waals surface area contributed by atoms with Gasteiger partial charge in [-0.05, 0) is 42.2 Å². The summed E-state index contributed by atoms with van der Waals surface area (Å²) in [4.78, 5) is 6.36. The Bertz CT molecular complexity index is 421. The lowest BCUT2D eigenvalue weighted by molar-refractivity contribution is -0.135. The molecule has 128 valence electrons. The summed E-state index contributed by atoms with van der Waals surface area (Å²) >= 11 is 1.64. The largest absolute Gasteiger partial charge is 0.389 e. The fourth-order valence-electron chi connectivity index (χ4n) is 1.82. The molecule has 0 spiro atoms. The van der Waals surface area contributed by atoms with Crippen LogP contribution in [0.1, 0.15) is 31.7 Å². The quantitative estimate of drug-likeness (QED) is 0.288. The van der Waals surface area contributed by atoms with E-state index in [1.54, 1.807) is 11.3 Å². The zero-order chi connectivity index (χ0) is 15.7. The third-order valence-corrected chi connectivity index (χ3v) is 3.56. The molecule has 8 heteroatoms. The van der Waals surface area contributed by atoms with Crippen LogP contribution < -0.4 is 5.32 Å². The standard InChI is InChI=1S/C14H22F3N3S.HI/c1-3-18-13(19-8-5-4-7-14(15,16)17)20(2)10-12-6-9-21-11-12;/h6,9,11H,3-5,7-8,10H2,1-2H3,(H,18,19);1H. The van der Waals surface area contributed by atoms with Crippen molar-refractivity contribution in [3.05, 3.63) is 22.4 Å². The smallest absolute Gasteiger partial charge is 0.357 e. The molecule has 1 N–H and O–H groups in total. The second kappa shape index (κ2) is 11.1. The van der Waals surface area contributed by atoms with Crippen molar-refractivity contribution in [1.82, 2.24) is 10.2 Å². The Morgan fingerprint density at radius 1 is 1.36 bits per heavy atom. The molecule has 0 aliphatic heterocycles. The summed E-state index contributed by atoms with van der Waals surface area (Å²) in [7, 11) is 1.93. The van der Waals surface area contributed by atoms with Crippen molar-refractivity contribution >= 4 is 41.3 Å². The predicted octanol–water partition coefficient (Wildman–Crippen LogP) is 4.50. The molecule has 0 saturated carbocycles. The number of nitrogens with one attached hydrogen (secondary N) is 1. The van der Waals surface area contributed by atoms with E-state index in [2.05, 4.69) is 15.7 Å². The molecule has 0 atom stereocenters. The molecule has 1 aromatic rings. The summed E-state index contributed by atoms with van der Waals surface area (Å²) in [6, 6.07) is 2.05. The van der Waals surface area contributed by atoms with E-state index in [-0.39, 0.29) is 30.4 Å². The first-order valence-corrected chi connectivity index (χ1v) is 7.94. The molecule has 3 nitrogen and oxygen atoms in total. The average molecular weight is 449 g/mol. The van der Waals surface area contributed by atoms with E-state index in [1.165, 1.54) is 5.56 Å². The number of thiophene rings is 1. The van der Waals surface area contributed by atoms with Crippen molar-refractivity contribution in [3.63, 3.8) is 0 Å². The van der Waals surface area contributed by atoms with Crippen LogP contribution in [0.15, 0.2) is 21.8 Å². The molecule has 1 aromatic heterocycles. The fraction of sp³-hybridized carbons (Fsp3) is 0.643. The van der Waals surface area contributed by atoms with Crippen LogP contribution in [0.25, 0.3) is 0 Å². The molecule has 0 unspecified atom stereocenters. The zero-order valence-corrected chi connectivity index (χ0v) is 16.0. The van der Waals surface area contributed by atoms with Crippen molar-refractivity contribution in [2.45, 2.75) is 38.9 Å². The molecule has 0 aromatic carbocycles. The molecule has 0 aliphatic rings. The van der Waals surface area contributed by atoms with Gasteiger partial charge in [-0.25, -0.2) is 0 Å². The van der Waals surface area contributed by atoms with Crippen LogP contribution in [0, 0.1) is 0 Å². The van der Waals surface area contributed by atoms with E-state index in [0.717, 1.165) is 19.0 Å². The highest BCUT2D eigenvalue weighted by molar-refractivity contribution is 14.0. The Hall–Kier alpha value is -0.510. The number of nitrogens with zero attached hydrogens (tertiary/aromatic N) is 2. The average Bonchev–Trinajstić information content (AvgIpc) is 2.88. The van der Waals surface area contributed by atoms with Crippen LogP contribution in [0.5, 0.6) is 0 Å². The maximum absolute atomic E-state index is 12.0. The second-order valence-electron chi connectivity index (χ2n) is 4.80. The van der Waals surface area contributed by atoms with Crippen molar-refractivity contribution in [2.75, 3.05) is 20.1 Å². The van der Waals surface area contributed by atoms with Gasteiger partial charge >= 0.3 is 6.18 Å². The molecular formula is C14H23F3IN3S. The molecule has 0 amide bonds. The van der Waals surface area contributed by atoms with Gasteiger partial charge < -0.3 is 10.2 Å². The highest BCUT2D eigenvalue weighted by Gasteiger charge is 2.25. The van der Waals surface area contributed by atoms with Gasteiger partial charge in [0.1, 0.15) is 0 Å². The summed E-state index contributed by atoms with van der Waals surface area (Å²) in [5.41, 5.74) is 1.20. The van der Waals surface area contributed by atoms with Crippen molar-refractivity contribution in [2.24, 2.45) is 4.99 Å². The highest BCUT2D eigenvalue weighted by atomic mass is 127. The number of guanidine groups is 1. The van der Waals surface area contributed by atoms with Gasteiger partial charge in [0.05, 0.1) is 0 Å². The van der Waals surface area contributed by atoms with Gasteiger partial charge in [-0.3, -0.25) is 4.99 Å². The van der Waals surface area contributed by atoms with E-state index in [9.17, 15) is 13.2 Å². The monoisotopic (exact) mass is 449 g/mol. The van der Waals surface area contributed by atoms with Gasteiger partial charge in [0, 0.05) is 33.1 Å². The SMILES string of the molecule is CCNC(=NCCCCC(F)(F)F)N(C)Cc1ccsc1.I. The molecule has 0 bridgehead atoms. The lowest BCUT2D eigenvalue weighted by Crippen LogP contribution is -2.38. The van der Waals surface area contributed by atoms with Gasteiger partial charge in [0.15, 0.2) is 5.96 Å². The summed E-state index contributed by atoms with van der Waals surface area (Å²) in [6.07, 6.45) is -4.23. The minimum Gasteiger partial charge on any atom is -0.357 e. The van der Waals surface area contributed by atoms with Crippen LogP contribution in [-0.4, -0.2) is 37.2 Å². The van der Waals surface area contributed by atoms with Crippen molar-refractivity contribution in [1.29, 1.82) is 0 Å². The van der Waals surface area contributed by atoms with E-state index in [1.807, 2.05) is 30.3 Å². The van der Waals surface area contributed by atoms with E-state index < -0.39 is 12.6 Å². The van der Waals surface area contributed by atoms with Gasteiger partial charge in [-0.2, -0.15) is 24.5 Å². The first-order chi connectivity index (χ1) is 9.92. The highest BCUT2D eigenvalue weighted by Crippen LogP contribution is 2.22. The van der Waals surface area contributed by atoms with Crippen molar-refractivity contribution in [3.8, 4) is 0 Å². The molecule has 0 aliphatic carbocycles. The minimum absolute atomic E-state index is 0. The van der Waals surface area contributed by atoms with Gasteiger partial charge in [-0.15, -0.1) is 24.0 Å². The van der Waals surface area contributed by atoms with Crippen LogP contribution in [0.2, 0.25) is 0 Å². The fourth-order valence-corrected chi connectivity index (χ4v) is 2.48. The lowest BCUT2D eigenvalue weighted by Gasteiger charge is -2.21. The Morgan fingerprint density at radius 3 is 2.64 bits per heavy atom. The number of hydrogen-bond donors (Lipinski definition) is 1. The van der Waals surface area contributed by atoms with Gasteiger partial charge in [0.25, 0.3) is 0 Å². The summed E-state index contributed by atoms with van der Waals surface area (Å²) in [5.74, 6) is 0.732. The van der Waals surface area contributed by atoms with Gasteiger partial charge in [0.2, 0.25) is 0 Å². The number of unbranched alkanes of at least 4 members (excludes halogenated alkanes) is 1. The van der Waals surface area contributed by atoms with Crippen LogP contribution in [0.3, 0.4) is 0 Å². The molecule has 1 rings (SSSR count). The lowest BCUT2D eigenvalue weighted by atomic mass is 10.2. The number of alkyl halides is 3. The summed E-state index contributed by atoms with van der Waals surface area (Å²) in [6.45, 7) is 3.84. The molecular weight excluding hydrogens is 426 g/mol. The summed E-state index contributed by atoms with van der Waals surface area (Å²) in [5, 5.41) is 7.25. The van der Waals surface area contributed by atoms with E-state index >= 15 is 0 Å². The summed E-state index contributed by atoms with van der Waals surface area (Å²) < 4.78 is 36.1. The second-order valence-corrected chi connectivity index (χ2v) is 5.58. The first-order valence-electron chi connectivity index (χ1n) is 6.99. The predicted molar refractivity (Wildman–Crippen MR) is 97.1 cm³/mol. The van der Waals surface area contributed by atoms with Crippen molar-refractivity contribution < 1.29 is 13.2 Å². The zero-order valence-electron chi connectivity index (χ0n) is 12.8. The Balaban J connectivity index is 0.00000441. The minimum atomic E-state index is -4.07. The third kappa shape index (κ3) is 9.50. The topological polar surface area (TPSA) is 27.6 Å². The maximum Gasteiger partial charge on any atom is 0.389 e. The Morgan fingerprint density at radius 2 is 2.09 bits per heavy atom. The molecule has 0 radical (unpaired) electrons. The van der Waals surface area contributed by atoms with Crippen LogP contribution in [0.4, 0.5) is 13.2 Å². The number of aliphatic imine (C=N–C) groups is 1. The molecule has 22 heavy (non-hydrogen) atoms. The third-order valence-electron chi connectivity index (χ3n) is 2.83. The van der Waals surface area contributed by atoms with Gasteiger partial charge in [-0.1, -0.05) is 0 Å². The Labute approximate surface area is 151 Å².